The van der Waals surface area contributed by atoms with Crippen LogP contribution in [-0.4, -0.2) is 24.7 Å². The van der Waals surface area contributed by atoms with Gasteiger partial charge in [-0.25, -0.2) is 9.97 Å². The van der Waals surface area contributed by atoms with Crippen LogP contribution in [0, 0.1) is 24.2 Å². The maximum Gasteiger partial charge on any atom is 0.141 e. The van der Waals surface area contributed by atoms with Crippen molar-refractivity contribution in [2.24, 2.45) is 5.92 Å². The fraction of sp³-hybridized carbons (Fsp3) is 0.444. The first-order valence-corrected chi connectivity index (χ1v) is 8.49. The second-order valence-electron chi connectivity index (χ2n) is 6.54. The molecule has 0 saturated heterocycles. The highest BCUT2D eigenvalue weighted by Crippen LogP contribution is 2.37. The Bertz CT molecular complexity index is 894. The molecular formula is C18H20N6. The average Bonchev–Trinajstić information content (AvgIpc) is 3.32. The van der Waals surface area contributed by atoms with Crippen LogP contribution in [0.15, 0.2) is 24.8 Å². The van der Waals surface area contributed by atoms with Crippen LogP contribution in [0.5, 0.6) is 0 Å². The van der Waals surface area contributed by atoms with Crippen molar-refractivity contribution in [3.05, 3.63) is 30.5 Å². The first-order valence-electron chi connectivity index (χ1n) is 8.49. The molecule has 1 fully saturated rings. The summed E-state index contributed by atoms with van der Waals surface area (Å²) in [7, 11) is 0. The van der Waals surface area contributed by atoms with E-state index in [2.05, 4.69) is 27.2 Å². The lowest BCUT2D eigenvalue weighted by molar-refractivity contribution is 0.314. The van der Waals surface area contributed by atoms with E-state index < -0.39 is 0 Å². The average molecular weight is 320 g/mol. The van der Waals surface area contributed by atoms with Crippen LogP contribution in [0.2, 0.25) is 0 Å². The lowest BCUT2D eigenvalue weighted by atomic mass is 9.96. The Morgan fingerprint density at radius 3 is 3.00 bits per heavy atom. The van der Waals surface area contributed by atoms with Gasteiger partial charge in [0, 0.05) is 23.3 Å². The Balaban J connectivity index is 1.76. The van der Waals surface area contributed by atoms with E-state index in [1.54, 1.807) is 6.33 Å². The van der Waals surface area contributed by atoms with Crippen LogP contribution in [0.1, 0.15) is 43.8 Å². The van der Waals surface area contributed by atoms with Gasteiger partial charge < -0.3 is 4.98 Å². The predicted molar refractivity (Wildman–Crippen MR) is 91.1 cm³/mol. The van der Waals surface area contributed by atoms with Gasteiger partial charge in [0.1, 0.15) is 12.0 Å². The molecule has 1 aliphatic carbocycles. The molecule has 0 spiro atoms. The van der Waals surface area contributed by atoms with Gasteiger partial charge in [-0.2, -0.15) is 10.4 Å². The largest absolute Gasteiger partial charge is 0.346 e. The van der Waals surface area contributed by atoms with Crippen LogP contribution < -0.4 is 0 Å². The van der Waals surface area contributed by atoms with Crippen molar-refractivity contribution in [3.63, 3.8) is 0 Å². The van der Waals surface area contributed by atoms with Crippen LogP contribution in [0.25, 0.3) is 22.3 Å². The SMILES string of the molecule is Cc1nn([C@@H](CC#N)C2CCCC2)cc1-c1ncnc2[nH]ccc12. The zero-order valence-electron chi connectivity index (χ0n) is 13.7. The lowest BCUT2D eigenvalue weighted by Gasteiger charge is -2.21. The Hall–Kier alpha value is -2.68. The summed E-state index contributed by atoms with van der Waals surface area (Å²) in [5.74, 6) is 0.550. The second kappa shape index (κ2) is 6.08. The topological polar surface area (TPSA) is 83.2 Å². The minimum Gasteiger partial charge on any atom is -0.346 e. The monoisotopic (exact) mass is 320 g/mol. The third-order valence-electron chi connectivity index (χ3n) is 5.11. The van der Waals surface area contributed by atoms with Gasteiger partial charge in [-0.1, -0.05) is 12.8 Å². The van der Waals surface area contributed by atoms with Crippen molar-refractivity contribution >= 4 is 11.0 Å². The van der Waals surface area contributed by atoms with E-state index in [1.807, 2.05) is 23.9 Å². The Kier molecular flexibility index (Phi) is 3.77. The zero-order valence-corrected chi connectivity index (χ0v) is 13.7. The fourth-order valence-corrected chi connectivity index (χ4v) is 3.88. The predicted octanol–water partition coefficient (Wildman–Crippen LogP) is 3.77. The number of fused-ring (bicyclic) bond motifs is 1. The van der Waals surface area contributed by atoms with Crippen molar-refractivity contribution in [1.29, 1.82) is 5.26 Å². The number of rotatable bonds is 4. The molecule has 1 atom stereocenters. The summed E-state index contributed by atoms with van der Waals surface area (Å²) < 4.78 is 2.00. The van der Waals surface area contributed by atoms with Gasteiger partial charge >= 0.3 is 0 Å². The first-order chi connectivity index (χ1) is 11.8. The molecule has 0 unspecified atom stereocenters. The molecule has 0 aliphatic heterocycles. The van der Waals surface area contributed by atoms with Crippen molar-refractivity contribution in [1.82, 2.24) is 24.7 Å². The maximum atomic E-state index is 9.25. The van der Waals surface area contributed by atoms with Gasteiger partial charge in [0.05, 0.1) is 29.9 Å². The molecule has 0 amide bonds. The summed E-state index contributed by atoms with van der Waals surface area (Å²) in [6.45, 7) is 2.00. The molecule has 1 saturated carbocycles. The molecule has 6 nitrogen and oxygen atoms in total. The molecule has 0 bridgehead atoms. The molecule has 3 aromatic heterocycles. The molecule has 0 radical (unpaired) electrons. The Morgan fingerprint density at radius 1 is 1.38 bits per heavy atom. The van der Waals surface area contributed by atoms with Crippen molar-refractivity contribution in [2.75, 3.05) is 0 Å². The first kappa shape index (κ1) is 14.9. The van der Waals surface area contributed by atoms with Gasteiger partial charge in [-0.3, -0.25) is 4.68 Å². The van der Waals surface area contributed by atoms with Crippen molar-refractivity contribution in [2.45, 2.75) is 45.1 Å². The number of hydrogen-bond acceptors (Lipinski definition) is 4. The molecule has 0 aromatic carbocycles. The van der Waals surface area contributed by atoms with E-state index in [4.69, 9.17) is 5.10 Å². The minimum atomic E-state index is 0.161. The molecule has 6 heteroatoms. The minimum absolute atomic E-state index is 0.161. The summed E-state index contributed by atoms with van der Waals surface area (Å²) >= 11 is 0. The van der Waals surface area contributed by atoms with Crippen LogP contribution >= 0.6 is 0 Å². The second-order valence-corrected chi connectivity index (χ2v) is 6.54. The van der Waals surface area contributed by atoms with Gasteiger partial charge in [0.2, 0.25) is 0 Å². The highest BCUT2D eigenvalue weighted by atomic mass is 15.3. The highest BCUT2D eigenvalue weighted by molar-refractivity contribution is 5.90. The van der Waals surface area contributed by atoms with E-state index in [0.29, 0.717) is 12.3 Å². The molecule has 1 N–H and O–H groups in total. The number of hydrogen-bond donors (Lipinski definition) is 1. The quantitative estimate of drug-likeness (QED) is 0.793. The van der Waals surface area contributed by atoms with Gasteiger partial charge in [0.15, 0.2) is 0 Å². The highest BCUT2D eigenvalue weighted by Gasteiger charge is 2.28. The third-order valence-corrected chi connectivity index (χ3v) is 5.11. The molecule has 4 rings (SSSR count). The van der Waals surface area contributed by atoms with E-state index in [1.165, 1.54) is 25.7 Å². The molecular weight excluding hydrogens is 300 g/mol. The number of nitrogens with one attached hydrogen (secondary N) is 1. The van der Waals surface area contributed by atoms with Gasteiger partial charge in [-0.05, 0) is 31.7 Å². The van der Waals surface area contributed by atoms with Crippen LogP contribution in [0.4, 0.5) is 0 Å². The van der Waals surface area contributed by atoms with Crippen molar-refractivity contribution < 1.29 is 0 Å². The molecule has 1 aliphatic rings. The normalized spacial score (nSPS) is 16.5. The summed E-state index contributed by atoms with van der Waals surface area (Å²) in [4.78, 5) is 11.9. The number of aromatic nitrogens is 5. The van der Waals surface area contributed by atoms with Crippen LogP contribution in [0.3, 0.4) is 0 Å². The maximum absolute atomic E-state index is 9.25. The number of aromatic amines is 1. The van der Waals surface area contributed by atoms with E-state index in [0.717, 1.165) is 28.0 Å². The Morgan fingerprint density at radius 2 is 2.21 bits per heavy atom. The third kappa shape index (κ3) is 2.46. The number of nitrogens with zero attached hydrogens (tertiary/aromatic N) is 5. The van der Waals surface area contributed by atoms with Crippen molar-refractivity contribution in [3.8, 4) is 17.3 Å². The summed E-state index contributed by atoms with van der Waals surface area (Å²) in [5.41, 5.74) is 3.68. The molecule has 3 aromatic rings. The summed E-state index contributed by atoms with van der Waals surface area (Å²) in [6, 6.07) is 4.50. The molecule has 24 heavy (non-hydrogen) atoms. The smallest absolute Gasteiger partial charge is 0.141 e. The number of H-pyrrole nitrogens is 1. The molecule has 3 heterocycles. The lowest BCUT2D eigenvalue weighted by Crippen LogP contribution is -2.17. The standard InChI is InChI=1S/C18H20N6/c1-12-15(17-14-7-9-20-18(14)22-11-21-17)10-24(23-12)16(6-8-19)13-4-2-3-5-13/h7,9-11,13,16H,2-6H2,1H3,(H,20,21,22)/t16-/m0/s1. The van der Waals surface area contributed by atoms with E-state index in [-0.39, 0.29) is 6.04 Å². The van der Waals surface area contributed by atoms with Gasteiger partial charge in [-0.15, -0.1) is 0 Å². The number of aryl methyl sites for hydroxylation is 1. The Labute approximate surface area is 140 Å². The van der Waals surface area contributed by atoms with Crippen LogP contribution in [-0.2, 0) is 0 Å². The summed E-state index contributed by atoms with van der Waals surface area (Å²) in [5, 5.41) is 15.0. The summed E-state index contributed by atoms with van der Waals surface area (Å²) in [6.07, 6.45) is 10.9. The van der Waals surface area contributed by atoms with Gasteiger partial charge in [0.25, 0.3) is 0 Å². The fourth-order valence-electron chi connectivity index (χ4n) is 3.88. The zero-order chi connectivity index (χ0) is 16.5. The van der Waals surface area contributed by atoms with E-state index >= 15 is 0 Å². The number of nitriles is 1. The molecule has 122 valence electrons. The van der Waals surface area contributed by atoms with E-state index in [9.17, 15) is 5.26 Å².